The highest BCUT2D eigenvalue weighted by atomic mass is 15.2. The summed E-state index contributed by atoms with van der Waals surface area (Å²) in [6.45, 7) is 4.72. The highest BCUT2D eigenvalue weighted by molar-refractivity contribution is 5.84. The van der Waals surface area contributed by atoms with E-state index in [1.807, 2.05) is 25.8 Å². The molecule has 0 radical (unpaired) electrons. The average molecular weight is 259 g/mol. The van der Waals surface area contributed by atoms with E-state index in [0.717, 1.165) is 17.9 Å². The topological polar surface area (TPSA) is 93.5 Å². The zero-order chi connectivity index (χ0) is 13.8. The van der Waals surface area contributed by atoms with Gasteiger partial charge in [-0.1, -0.05) is 0 Å². The van der Waals surface area contributed by atoms with E-state index in [-0.39, 0.29) is 6.04 Å². The maximum Gasteiger partial charge on any atom is 0.226 e. The third kappa shape index (κ3) is 2.57. The Hall–Kier alpha value is -2.36. The van der Waals surface area contributed by atoms with Gasteiger partial charge < -0.3 is 15.2 Å². The van der Waals surface area contributed by atoms with Crippen molar-refractivity contribution in [1.29, 1.82) is 5.26 Å². The van der Waals surface area contributed by atoms with Crippen molar-refractivity contribution < 1.29 is 0 Å². The second kappa shape index (κ2) is 5.52. The Kier molecular flexibility index (Phi) is 3.80. The van der Waals surface area contributed by atoms with Crippen LogP contribution < -0.4 is 10.2 Å². The Morgan fingerprint density at radius 3 is 3.00 bits per heavy atom. The summed E-state index contributed by atoms with van der Waals surface area (Å²) in [5.41, 5.74) is 1.41. The molecule has 0 aliphatic carbocycles. The van der Waals surface area contributed by atoms with Crippen molar-refractivity contribution in [3.05, 3.63) is 6.33 Å². The molecule has 2 aromatic rings. The van der Waals surface area contributed by atoms with Crippen LogP contribution in [0.4, 0.5) is 11.8 Å². The predicted molar refractivity (Wildman–Crippen MR) is 73.9 cm³/mol. The maximum absolute atomic E-state index is 8.80. The van der Waals surface area contributed by atoms with Gasteiger partial charge in [0.05, 0.1) is 18.8 Å². The number of fused-ring (bicyclic) bond motifs is 1. The molecular weight excluding hydrogens is 242 g/mol. The summed E-state index contributed by atoms with van der Waals surface area (Å²) in [5.74, 6) is 1.30. The molecule has 0 fully saturated rings. The van der Waals surface area contributed by atoms with Gasteiger partial charge >= 0.3 is 0 Å². The Balaban J connectivity index is 2.45. The molecule has 7 nitrogen and oxygen atoms in total. The van der Waals surface area contributed by atoms with Crippen molar-refractivity contribution >= 4 is 22.9 Å². The van der Waals surface area contributed by atoms with E-state index in [4.69, 9.17) is 5.26 Å². The Bertz CT molecular complexity index is 598. The Morgan fingerprint density at radius 1 is 1.53 bits per heavy atom. The number of rotatable bonds is 5. The van der Waals surface area contributed by atoms with E-state index in [1.54, 1.807) is 6.33 Å². The first-order valence-corrected chi connectivity index (χ1v) is 6.22. The lowest BCUT2D eigenvalue weighted by molar-refractivity contribution is 0.695. The van der Waals surface area contributed by atoms with Gasteiger partial charge in [-0.05, 0) is 13.8 Å². The summed E-state index contributed by atoms with van der Waals surface area (Å²) in [6.07, 6.45) is 2.04. The van der Waals surface area contributed by atoms with Crippen LogP contribution in [0.2, 0.25) is 0 Å². The molecule has 7 heteroatoms. The minimum atomic E-state index is 0.0703. The van der Waals surface area contributed by atoms with E-state index in [0.29, 0.717) is 18.0 Å². The van der Waals surface area contributed by atoms with Crippen LogP contribution in [0.15, 0.2) is 6.33 Å². The first-order valence-electron chi connectivity index (χ1n) is 6.22. The lowest BCUT2D eigenvalue weighted by atomic mass is 10.2. The molecule has 2 rings (SSSR count). The molecule has 0 aromatic carbocycles. The number of hydrogen-bond donors (Lipinski definition) is 2. The van der Waals surface area contributed by atoms with Crippen LogP contribution in [0.3, 0.4) is 0 Å². The molecule has 0 aliphatic heterocycles. The van der Waals surface area contributed by atoms with E-state index >= 15 is 0 Å². The lowest BCUT2D eigenvalue weighted by Gasteiger charge is -2.24. The summed E-state index contributed by atoms with van der Waals surface area (Å²) in [7, 11) is 1.92. The van der Waals surface area contributed by atoms with Gasteiger partial charge in [0.1, 0.15) is 5.52 Å². The van der Waals surface area contributed by atoms with E-state index in [2.05, 4.69) is 31.3 Å². The van der Waals surface area contributed by atoms with Crippen molar-refractivity contribution in [2.24, 2.45) is 0 Å². The smallest absolute Gasteiger partial charge is 0.226 e. The molecule has 1 atom stereocenters. The van der Waals surface area contributed by atoms with E-state index in [9.17, 15) is 0 Å². The minimum Gasteiger partial charge on any atom is -0.354 e. The molecule has 1 unspecified atom stereocenters. The molecule has 0 aliphatic rings. The highest BCUT2D eigenvalue weighted by Crippen LogP contribution is 2.23. The second-order valence-corrected chi connectivity index (χ2v) is 4.32. The van der Waals surface area contributed by atoms with E-state index < -0.39 is 0 Å². The zero-order valence-corrected chi connectivity index (χ0v) is 11.3. The van der Waals surface area contributed by atoms with Gasteiger partial charge in [0.2, 0.25) is 5.95 Å². The van der Waals surface area contributed by atoms with Crippen molar-refractivity contribution in [1.82, 2.24) is 19.9 Å². The molecule has 19 heavy (non-hydrogen) atoms. The number of anilines is 2. The lowest BCUT2D eigenvalue weighted by Crippen LogP contribution is -2.29. The fourth-order valence-electron chi connectivity index (χ4n) is 1.79. The van der Waals surface area contributed by atoms with Gasteiger partial charge in [-0.2, -0.15) is 15.2 Å². The van der Waals surface area contributed by atoms with Crippen molar-refractivity contribution in [2.45, 2.75) is 26.3 Å². The standard InChI is InChI=1S/C12H17N7/c1-4-14-12-17-10-9(15-7-16-10)11(18-12)19(3)8(2)5-6-13/h7-8H,4-5H2,1-3H3,(H2,14,15,16,17,18). The molecule has 2 aromatic heterocycles. The van der Waals surface area contributed by atoms with Crippen molar-refractivity contribution in [3.8, 4) is 6.07 Å². The SMILES string of the molecule is CCNc1nc(N(C)C(C)CC#N)c2[nH]cnc2n1. The average Bonchev–Trinajstić information content (AvgIpc) is 2.85. The normalized spacial score (nSPS) is 12.1. The Labute approximate surface area is 111 Å². The van der Waals surface area contributed by atoms with Crippen LogP contribution in [0.5, 0.6) is 0 Å². The monoisotopic (exact) mass is 259 g/mol. The molecule has 0 saturated carbocycles. The number of nitriles is 1. The number of nitrogens with zero attached hydrogens (tertiary/aromatic N) is 5. The molecule has 2 heterocycles. The van der Waals surface area contributed by atoms with Crippen LogP contribution in [0.1, 0.15) is 20.3 Å². The van der Waals surface area contributed by atoms with Gasteiger partial charge in [-0.25, -0.2) is 4.98 Å². The van der Waals surface area contributed by atoms with Gasteiger partial charge in [-0.15, -0.1) is 0 Å². The van der Waals surface area contributed by atoms with Crippen LogP contribution in [0.25, 0.3) is 11.2 Å². The third-order valence-corrected chi connectivity index (χ3v) is 2.98. The van der Waals surface area contributed by atoms with Crippen molar-refractivity contribution in [3.63, 3.8) is 0 Å². The Morgan fingerprint density at radius 2 is 2.32 bits per heavy atom. The highest BCUT2D eigenvalue weighted by Gasteiger charge is 2.17. The number of nitrogens with one attached hydrogen (secondary N) is 2. The van der Waals surface area contributed by atoms with Gasteiger partial charge in [0.25, 0.3) is 0 Å². The van der Waals surface area contributed by atoms with E-state index in [1.165, 1.54) is 0 Å². The summed E-state index contributed by atoms with van der Waals surface area (Å²) >= 11 is 0. The fourth-order valence-corrected chi connectivity index (χ4v) is 1.79. The quantitative estimate of drug-likeness (QED) is 0.845. The summed E-state index contributed by atoms with van der Waals surface area (Å²) in [4.78, 5) is 18.0. The summed E-state index contributed by atoms with van der Waals surface area (Å²) in [5, 5.41) is 11.9. The van der Waals surface area contributed by atoms with Crippen LogP contribution in [0, 0.1) is 11.3 Å². The van der Waals surface area contributed by atoms with Gasteiger partial charge in [0, 0.05) is 19.6 Å². The fraction of sp³-hybridized carbons (Fsp3) is 0.500. The number of imidazole rings is 1. The third-order valence-electron chi connectivity index (χ3n) is 2.98. The molecule has 0 amide bonds. The molecule has 2 N–H and O–H groups in total. The van der Waals surface area contributed by atoms with Crippen LogP contribution in [-0.4, -0.2) is 39.6 Å². The first kappa shape index (κ1) is 13.1. The number of aromatic nitrogens is 4. The number of hydrogen-bond acceptors (Lipinski definition) is 6. The molecule has 0 spiro atoms. The predicted octanol–water partition coefficient (Wildman–Crippen LogP) is 1.52. The van der Waals surface area contributed by atoms with Gasteiger partial charge in [0.15, 0.2) is 11.5 Å². The molecule has 100 valence electrons. The summed E-state index contributed by atoms with van der Waals surface area (Å²) in [6, 6.07) is 2.24. The second-order valence-electron chi connectivity index (χ2n) is 4.32. The first-order chi connectivity index (χ1) is 9.17. The largest absolute Gasteiger partial charge is 0.354 e. The molecule has 0 bridgehead atoms. The van der Waals surface area contributed by atoms with Crippen molar-refractivity contribution in [2.75, 3.05) is 23.8 Å². The van der Waals surface area contributed by atoms with Crippen LogP contribution >= 0.6 is 0 Å². The van der Waals surface area contributed by atoms with Gasteiger partial charge in [-0.3, -0.25) is 0 Å². The summed E-state index contributed by atoms with van der Waals surface area (Å²) < 4.78 is 0. The van der Waals surface area contributed by atoms with Crippen LogP contribution in [-0.2, 0) is 0 Å². The zero-order valence-electron chi connectivity index (χ0n) is 11.3. The maximum atomic E-state index is 8.80. The number of aromatic amines is 1. The molecular formula is C12H17N7. The minimum absolute atomic E-state index is 0.0703. The molecule has 0 saturated heterocycles. The number of H-pyrrole nitrogens is 1.